The molecule has 0 unspecified atom stereocenters. The van der Waals surface area contributed by atoms with Gasteiger partial charge >= 0.3 is 5.97 Å². The average molecular weight is 297 g/mol. The Morgan fingerprint density at radius 1 is 1.18 bits per heavy atom. The van der Waals surface area contributed by atoms with E-state index < -0.39 is 10.9 Å². The van der Waals surface area contributed by atoms with E-state index in [1.165, 1.54) is 18.2 Å². The Balaban J connectivity index is 2.41. The van der Waals surface area contributed by atoms with Gasteiger partial charge in [0, 0.05) is 12.1 Å². The Bertz CT molecular complexity index is 708. The molecular weight excluding hydrogens is 282 g/mol. The zero-order chi connectivity index (χ0) is 15.9. The van der Waals surface area contributed by atoms with Crippen molar-refractivity contribution in [2.45, 2.75) is 6.92 Å². The smallest absolute Gasteiger partial charge is 0.338 e. The van der Waals surface area contributed by atoms with Crippen LogP contribution in [0.2, 0.25) is 0 Å². The Kier molecular flexibility index (Phi) is 5.03. The number of nitrogens with zero attached hydrogens (tertiary/aromatic N) is 1. The maximum Gasteiger partial charge on any atom is 0.338 e. The van der Waals surface area contributed by atoms with Crippen molar-refractivity contribution in [3.8, 4) is 0 Å². The van der Waals surface area contributed by atoms with Gasteiger partial charge in [-0.2, -0.15) is 0 Å². The van der Waals surface area contributed by atoms with E-state index in [1.54, 1.807) is 19.1 Å². The molecule has 0 aliphatic carbocycles. The maximum absolute atomic E-state index is 11.9. The molecule has 0 spiro atoms. The lowest BCUT2D eigenvalue weighted by atomic mass is 10.0. The minimum Gasteiger partial charge on any atom is -0.462 e. The number of ether oxygens (including phenoxy) is 1. The van der Waals surface area contributed by atoms with E-state index in [9.17, 15) is 14.9 Å². The van der Waals surface area contributed by atoms with E-state index in [1.807, 2.05) is 30.3 Å². The van der Waals surface area contributed by atoms with Gasteiger partial charge in [0.2, 0.25) is 0 Å². The summed E-state index contributed by atoms with van der Waals surface area (Å²) in [6.07, 6.45) is 3.47. The molecule has 2 aromatic carbocycles. The second kappa shape index (κ2) is 7.17. The van der Waals surface area contributed by atoms with E-state index in [2.05, 4.69) is 0 Å². The molecule has 0 radical (unpaired) electrons. The summed E-state index contributed by atoms with van der Waals surface area (Å²) in [4.78, 5) is 22.3. The van der Waals surface area contributed by atoms with Crippen LogP contribution in [0.4, 0.5) is 5.69 Å². The molecule has 0 fully saturated rings. The third-order valence-electron chi connectivity index (χ3n) is 3.00. The third-order valence-corrected chi connectivity index (χ3v) is 3.00. The summed E-state index contributed by atoms with van der Waals surface area (Å²) >= 11 is 0. The molecule has 22 heavy (non-hydrogen) atoms. The fourth-order valence-corrected chi connectivity index (χ4v) is 1.95. The van der Waals surface area contributed by atoms with Crippen LogP contribution in [0.1, 0.15) is 28.4 Å². The summed E-state index contributed by atoms with van der Waals surface area (Å²) in [7, 11) is 0. The molecule has 2 rings (SSSR count). The Labute approximate surface area is 128 Å². The summed E-state index contributed by atoms with van der Waals surface area (Å²) < 4.78 is 4.98. The molecule has 5 heteroatoms. The van der Waals surface area contributed by atoms with Crippen molar-refractivity contribution < 1.29 is 14.5 Å². The number of carbonyl (C=O) groups is 1. The van der Waals surface area contributed by atoms with E-state index in [4.69, 9.17) is 4.74 Å². The molecule has 0 aromatic heterocycles. The predicted octanol–water partition coefficient (Wildman–Crippen LogP) is 3.94. The summed E-state index contributed by atoms with van der Waals surface area (Å²) in [5.41, 5.74) is 1.63. The number of esters is 1. The topological polar surface area (TPSA) is 69.4 Å². The summed E-state index contributed by atoms with van der Waals surface area (Å²) in [5, 5.41) is 10.9. The van der Waals surface area contributed by atoms with Gasteiger partial charge in [0.25, 0.3) is 5.69 Å². The van der Waals surface area contributed by atoms with Crippen LogP contribution in [0.25, 0.3) is 12.2 Å². The molecule has 5 nitrogen and oxygen atoms in total. The van der Waals surface area contributed by atoms with Crippen molar-refractivity contribution >= 4 is 23.8 Å². The van der Waals surface area contributed by atoms with Gasteiger partial charge in [0.1, 0.15) is 0 Å². The highest BCUT2D eigenvalue weighted by Gasteiger charge is 2.15. The lowest BCUT2D eigenvalue weighted by molar-refractivity contribution is -0.384. The average Bonchev–Trinajstić information content (AvgIpc) is 2.53. The summed E-state index contributed by atoms with van der Waals surface area (Å²) in [5.74, 6) is -0.495. The monoisotopic (exact) mass is 297 g/mol. The van der Waals surface area contributed by atoms with E-state index in [-0.39, 0.29) is 12.3 Å². The highest BCUT2D eigenvalue weighted by Crippen LogP contribution is 2.21. The number of hydrogen-bond acceptors (Lipinski definition) is 4. The Hall–Kier alpha value is -2.95. The van der Waals surface area contributed by atoms with Crippen molar-refractivity contribution in [1.82, 2.24) is 0 Å². The van der Waals surface area contributed by atoms with Crippen LogP contribution >= 0.6 is 0 Å². The minimum atomic E-state index is -0.495. The largest absolute Gasteiger partial charge is 0.462 e. The Morgan fingerprint density at radius 2 is 1.91 bits per heavy atom. The van der Waals surface area contributed by atoms with Crippen LogP contribution in [0.15, 0.2) is 48.5 Å². The zero-order valence-electron chi connectivity index (χ0n) is 12.1. The molecule has 0 saturated heterocycles. The second-order valence-corrected chi connectivity index (χ2v) is 4.49. The van der Waals surface area contributed by atoms with Gasteiger partial charge in [-0.25, -0.2) is 4.79 Å². The van der Waals surface area contributed by atoms with E-state index in [0.29, 0.717) is 11.1 Å². The fraction of sp³-hybridized carbons (Fsp3) is 0.118. The van der Waals surface area contributed by atoms with E-state index >= 15 is 0 Å². The zero-order valence-corrected chi connectivity index (χ0v) is 12.1. The first-order chi connectivity index (χ1) is 10.6. The van der Waals surface area contributed by atoms with Gasteiger partial charge in [-0.05, 0) is 24.1 Å². The molecule has 0 aliphatic rings. The summed E-state index contributed by atoms with van der Waals surface area (Å²) in [6, 6.07) is 13.6. The number of benzene rings is 2. The highest BCUT2D eigenvalue weighted by atomic mass is 16.6. The predicted molar refractivity (Wildman–Crippen MR) is 84.4 cm³/mol. The normalized spacial score (nSPS) is 10.6. The number of hydrogen-bond donors (Lipinski definition) is 0. The molecule has 2 aromatic rings. The highest BCUT2D eigenvalue weighted by molar-refractivity contribution is 5.95. The van der Waals surface area contributed by atoms with Crippen molar-refractivity contribution in [2.75, 3.05) is 6.61 Å². The molecule has 0 aliphatic heterocycles. The second-order valence-electron chi connectivity index (χ2n) is 4.49. The van der Waals surface area contributed by atoms with Crippen LogP contribution in [0.3, 0.4) is 0 Å². The van der Waals surface area contributed by atoms with Crippen LogP contribution in [0.5, 0.6) is 0 Å². The molecule has 0 atom stereocenters. The van der Waals surface area contributed by atoms with Crippen LogP contribution in [0, 0.1) is 10.1 Å². The number of non-ortho nitro benzene ring substituents is 1. The van der Waals surface area contributed by atoms with Crippen molar-refractivity contribution in [3.05, 3.63) is 75.3 Å². The molecule has 0 amide bonds. The first-order valence-electron chi connectivity index (χ1n) is 6.80. The van der Waals surface area contributed by atoms with Gasteiger partial charge in [-0.1, -0.05) is 42.5 Å². The van der Waals surface area contributed by atoms with Gasteiger partial charge < -0.3 is 4.74 Å². The van der Waals surface area contributed by atoms with Gasteiger partial charge in [-0.3, -0.25) is 10.1 Å². The number of carbonyl (C=O) groups excluding carboxylic acids is 1. The quantitative estimate of drug-likeness (QED) is 0.363. The fourth-order valence-electron chi connectivity index (χ4n) is 1.95. The standard InChI is InChI=1S/C17H15NO4/c1-2-22-17(19)16-11-10-15(18(20)21)12-14(16)9-8-13-6-4-3-5-7-13/h3-12H,2H2,1H3/b9-8+. The molecule has 0 bridgehead atoms. The van der Waals surface area contributed by atoms with Crippen LogP contribution < -0.4 is 0 Å². The van der Waals surface area contributed by atoms with Crippen LogP contribution in [-0.4, -0.2) is 17.5 Å². The molecule has 0 saturated carbocycles. The SMILES string of the molecule is CCOC(=O)c1ccc([N+](=O)[O-])cc1/C=C/c1ccccc1. The number of nitro groups is 1. The third kappa shape index (κ3) is 3.79. The van der Waals surface area contributed by atoms with Gasteiger partial charge in [0.15, 0.2) is 0 Å². The Morgan fingerprint density at radius 3 is 2.55 bits per heavy atom. The number of rotatable bonds is 5. The summed E-state index contributed by atoms with van der Waals surface area (Å²) in [6.45, 7) is 1.96. The van der Waals surface area contributed by atoms with Crippen molar-refractivity contribution in [3.63, 3.8) is 0 Å². The molecular formula is C17H15NO4. The van der Waals surface area contributed by atoms with E-state index in [0.717, 1.165) is 5.56 Å². The van der Waals surface area contributed by atoms with Crippen molar-refractivity contribution in [2.24, 2.45) is 0 Å². The number of nitro benzene ring substituents is 1. The molecule has 0 heterocycles. The first-order valence-corrected chi connectivity index (χ1v) is 6.80. The lowest BCUT2D eigenvalue weighted by Crippen LogP contribution is -2.07. The molecule has 0 N–H and O–H groups in total. The van der Waals surface area contributed by atoms with Crippen molar-refractivity contribution in [1.29, 1.82) is 0 Å². The lowest BCUT2D eigenvalue weighted by Gasteiger charge is -2.05. The van der Waals surface area contributed by atoms with Gasteiger partial charge in [0.05, 0.1) is 17.1 Å². The first kappa shape index (κ1) is 15.4. The van der Waals surface area contributed by atoms with Gasteiger partial charge in [-0.15, -0.1) is 0 Å². The molecule has 112 valence electrons. The maximum atomic E-state index is 11.9. The minimum absolute atomic E-state index is 0.0687. The van der Waals surface area contributed by atoms with Crippen LogP contribution in [-0.2, 0) is 4.74 Å².